The van der Waals surface area contributed by atoms with Crippen LogP contribution >= 0.6 is 11.5 Å². The van der Waals surface area contributed by atoms with Gasteiger partial charge in [-0.1, -0.05) is 35.5 Å². The van der Waals surface area contributed by atoms with Crippen LogP contribution in [0.3, 0.4) is 0 Å². The molecular formula is C20H18N6OS. The lowest BCUT2D eigenvalue weighted by molar-refractivity contribution is 0.102. The SMILES string of the molecule is Cc1cccc(-n2nnc(-c3nsc(NC(=O)c4ccccc4)n3)c2C)c1C. The summed E-state index contributed by atoms with van der Waals surface area (Å²) >= 11 is 1.12. The standard InChI is InChI=1S/C20H18N6OS/c1-12-8-7-11-16(13(12)2)26-14(3)17(23-25-26)18-21-20(28-24-18)22-19(27)15-9-5-4-6-10-15/h4-11H,1-3H3,(H,21,22,24,27). The Morgan fingerprint density at radius 2 is 1.82 bits per heavy atom. The highest BCUT2D eigenvalue weighted by atomic mass is 32.1. The van der Waals surface area contributed by atoms with Gasteiger partial charge >= 0.3 is 0 Å². The number of benzene rings is 2. The van der Waals surface area contributed by atoms with E-state index in [1.165, 1.54) is 5.56 Å². The van der Waals surface area contributed by atoms with Crippen LogP contribution in [0.15, 0.2) is 48.5 Å². The number of hydrogen-bond donors (Lipinski definition) is 1. The van der Waals surface area contributed by atoms with Crippen LogP contribution in [0.25, 0.3) is 17.2 Å². The van der Waals surface area contributed by atoms with Gasteiger partial charge in [-0.05, 0) is 50.1 Å². The fourth-order valence-corrected chi connectivity index (χ4v) is 3.42. The summed E-state index contributed by atoms with van der Waals surface area (Å²) < 4.78 is 6.13. The lowest BCUT2D eigenvalue weighted by atomic mass is 10.1. The molecule has 0 aliphatic rings. The molecule has 2 heterocycles. The van der Waals surface area contributed by atoms with Crippen LogP contribution in [-0.4, -0.2) is 30.3 Å². The van der Waals surface area contributed by atoms with Crippen LogP contribution < -0.4 is 5.32 Å². The van der Waals surface area contributed by atoms with E-state index in [9.17, 15) is 4.79 Å². The molecule has 2 aromatic carbocycles. The third kappa shape index (κ3) is 3.29. The minimum atomic E-state index is -0.223. The summed E-state index contributed by atoms with van der Waals surface area (Å²) in [6.45, 7) is 6.06. The second kappa shape index (κ2) is 7.32. The highest BCUT2D eigenvalue weighted by Gasteiger charge is 2.18. The first kappa shape index (κ1) is 18.0. The minimum absolute atomic E-state index is 0.223. The van der Waals surface area contributed by atoms with Crippen molar-refractivity contribution in [3.05, 3.63) is 70.9 Å². The maximum absolute atomic E-state index is 12.3. The van der Waals surface area contributed by atoms with Gasteiger partial charge in [-0.3, -0.25) is 10.1 Å². The van der Waals surface area contributed by atoms with E-state index in [0.29, 0.717) is 22.2 Å². The van der Waals surface area contributed by atoms with Gasteiger partial charge in [0.1, 0.15) is 0 Å². The molecule has 8 heteroatoms. The molecule has 0 spiro atoms. The molecule has 0 fully saturated rings. The maximum Gasteiger partial charge on any atom is 0.257 e. The van der Waals surface area contributed by atoms with Crippen LogP contribution in [0.4, 0.5) is 5.13 Å². The van der Waals surface area contributed by atoms with E-state index in [0.717, 1.165) is 28.5 Å². The molecular weight excluding hydrogens is 372 g/mol. The third-order valence-electron chi connectivity index (χ3n) is 4.59. The van der Waals surface area contributed by atoms with Crippen molar-refractivity contribution in [3.8, 4) is 17.2 Å². The van der Waals surface area contributed by atoms with Gasteiger partial charge in [-0.25, -0.2) is 4.68 Å². The van der Waals surface area contributed by atoms with Crippen molar-refractivity contribution in [1.82, 2.24) is 24.4 Å². The lowest BCUT2D eigenvalue weighted by Crippen LogP contribution is -2.11. The summed E-state index contributed by atoms with van der Waals surface area (Å²) in [6.07, 6.45) is 0. The van der Waals surface area contributed by atoms with E-state index in [2.05, 4.69) is 44.9 Å². The Labute approximate surface area is 166 Å². The number of aryl methyl sites for hydroxylation is 1. The van der Waals surface area contributed by atoms with Gasteiger partial charge in [0.15, 0.2) is 11.5 Å². The van der Waals surface area contributed by atoms with Crippen molar-refractivity contribution >= 4 is 22.6 Å². The molecule has 28 heavy (non-hydrogen) atoms. The Morgan fingerprint density at radius 3 is 2.61 bits per heavy atom. The number of nitrogens with zero attached hydrogens (tertiary/aromatic N) is 5. The maximum atomic E-state index is 12.3. The van der Waals surface area contributed by atoms with Crippen LogP contribution in [0.5, 0.6) is 0 Å². The highest BCUT2D eigenvalue weighted by Crippen LogP contribution is 2.25. The van der Waals surface area contributed by atoms with Crippen LogP contribution in [-0.2, 0) is 0 Å². The normalized spacial score (nSPS) is 10.8. The molecule has 0 saturated carbocycles. The molecule has 0 unspecified atom stereocenters. The molecule has 4 aromatic rings. The Bertz CT molecular complexity index is 1150. The fourth-order valence-electron chi connectivity index (χ4n) is 2.86. The van der Waals surface area contributed by atoms with Crippen molar-refractivity contribution in [1.29, 1.82) is 0 Å². The van der Waals surface area contributed by atoms with Gasteiger partial charge in [0.25, 0.3) is 5.91 Å². The Morgan fingerprint density at radius 1 is 1.04 bits per heavy atom. The number of nitrogens with one attached hydrogen (secondary N) is 1. The summed E-state index contributed by atoms with van der Waals surface area (Å²) in [4.78, 5) is 16.7. The Kier molecular flexibility index (Phi) is 4.70. The highest BCUT2D eigenvalue weighted by molar-refractivity contribution is 7.10. The lowest BCUT2D eigenvalue weighted by Gasteiger charge is -2.09. The zero-order chi connectivity index (χ0) is 19.7. The molecule has 0 radical (unpaired) electrons. The second-order valence-electron chi connectivity index (χ2n) is 6.40. The van der Waals surface area contributed by atoms with Gasteiger partial charge in [0.05, 0.1) is 11.4 Å². The summed E-state index contributed by atoms with van der Waals surface area (Å²) in [7, 11) is 0. The molecule has 140 valence electrons. The van der Waals surface area contributed by atoms with Crippen molar-refractivity contribution in [2.45, 2.75) is 20.8 Å². The average Bonchev–Trinajstić information content (AvgIpc) is 3.31. The quantitative estimate of drug-likeness (QED) is 0.570. The number of rotatable bonds is 4. The minimum Gasteiger partial charge on any atom is -0.297 e. The number of anilines is 1. The molecule has 2 aromatic heterocycles. The van der Waals surface area contributed by atoms with Crippen molar-refractivity contribution in [3.63, 3.8) is 0 Å². The zero-order valence-corrected chi connectivity index (χ0v) is 16.5. The van der Waals surface area contributed by atoms with Gasteiger partial charge in [-0.2, -0.15) is 9.36 Å². The van der Waals surface area contributed by atoms with Crippen LogP contribution in [0.1, 0.15) is 27.2 Å². The summed E-state index contributed by atoms with van der Waals surface area (Å²) in [5.41, 5.74) is 5.31. The number of aromatic nitrogens is 5. The molecule has 4 rings (SSSR count). The number of carbonyl (C=O) groups excluding carboxylic acids is 1. The smallest absolute Gasteiger partial charge is 0.257 e. The third-order valence-corrected chi connectivity index (χ3v) is 5.22. The van der Waals surface area contributed by atoms with Gasteiger partial charge in [0, 0.05) is 17.1 Å². The van der Waals surface area contributed by atoms with Crippen molar-refractivity contribution in [2.75, 3.05) is 5.32 Å². The molecule has 7 nitrogen and oxygen atoms in total. The second-order valence-corrected chi connectivity index (χ2v) is 7.15. The van der Waals surface area contributed by atoms with Crippen molar-refractivity contribution in [2.24, 2.45) is 0 Å². The zero-order valence-electron chi connectivity index (χ0n) is 15.7. The Balaban J connectivity index is 1.61. The van der Waals surface area contributed by atoms with E-state index in [1.54, 1.807) is 16.8 Å². The van der Waals surface area contributed by atoms with Crippen LogP contribution in [0.2, 0.25) is 0 Å². The first-order chi connectivity index (χ1) is 13.5. The average molecular weight is 390 g/mol. The number of hydrogen-bond acceptors (Lipinski definition) is 6. The largest absolute Gasteiger partial charge is 0.297 e. The van der Waals surface area contributed by atoms with E-state index in [-0.39, 0.29) is 5.91 Å². The summed E-state index contributed by atoms with van der Waals surface area (Å²) in [5, 5.41) is 11.7. The molecule has 0 atom stereocenters. The first-order valence-corrected chi connectivity index (χ1v) is 9.51. The van der Waals surface area contributed by atoms with Gasteiger partial charge < -0.3 is 0 Å². The van der Waals surface area contributed by atoms with E-state index >= 15 is 0 Å². The van der Waals surface area contributed by atoms with E-state index < -0.39 is 0 Å². The van der Waals surface area contributed by atoms with Gasteiger partial charge in [0.2, 0.25) is 5.13 Å². The molecule has 1 amide bonds. The first-order valence-electron chi connectivity index (χ1n) is 8.74. The molecule has 0 aliphatic heterocycles. The van der Waals surface area contributed by atoms with Crippen molar-refractivity contribution < 1.29 is 4.79 Å². The van der Waals surface area contributed by atoms with Crippen LogP contribution in [0, 0.1) is 20.8 Å². The predicted molar refractivity (Wildman–Crippen MR) is 109 cm³/mol. The molecule has 0 bridgehead atoms. The summed E-state index contributed by atoms with van der Waals surface area (Å²) in [5.74, 6) is 0.224. The fraction of sp³-hybridized carbons (Fsp3) is 0.150. The molecule has 1 N–H and O–H groups in total. The predicted octanol–water partition coefficient (Wildman–Crippen LogP) is 3.96. The summed E-state index contributed by atoms with van der Waals surface area (Å²) in [6, 6.07) is 15.1. The topological polar surface area (TPSA) is 85.6 Å². The molecule has 0 saturated heterocycles. The number of carbonyl (C=O) groups is 1. The van der Waals surface area contributed by atoms with E-state index in [1.807, 2.05) is 37.3 Å². The Hall–Kier alpha value is -3.39. The number of amides is 1. The van der Waals surface area contributed by atoms with E-state index in [4.69, 9.17) is 0 Å². The monoisotopic (exact) mass is 390 g/mol. The van der Waals surface area contributed by atoms with Gasteiger partial charge in [-0.15, -0.1) is 5.10 Å². The molecule has 0 aliphatic carbocycles.